The lowest BCUT2D eigenvalue weighted by atomic mass is 10.3. The molecule has 0 radical (unpaired) electrons. The van der Waals surface area contributed by atoms with Gasteiger partial charge in [0.25, 0.3) is 0 Å². The fourth-order valence-electron chi connectivity index (χ4n) is 0.870. The highest BCUT2D eigenvalue weighted by Gasteiger charge is 2.00. The Bertz CT molecular complexity index is 279. The number of aromatic nitrogens is 1. The van der Waals surface area contributed by atoms with Crippen molar-refractivity contribution in [1.29, 1.82) is 0 Å². The van der Waals surface area contributed by atoms with Gasteiger partial charge in [-0.15, -0.1) is 0 Å². The molecule has 86 valence electrons. The highest BCUT2D eigenvalue weighted by Crippen LogP contribution is 2.20. The van der Waals surface area contributed by atoms with Crippen LogP contribution in [0.25, 0.3) is 0 Å². The molecule has 0 saturated heterocycles. The van der Waals surface area contributed by atoms with Gasteiger partial charge in [-0.1, -0.05) is 13.8 Å². The molecule has 0 saturated carbocycles. The number of ether oxygens (including phenoxy) is 2. The lowest BCUT2D eigenvalue weighted by Crippen LogP contribution is -2.05. The summed E-state index contributed by atoms with van der Waals surface area (Å²) < 4.78 is 11.2. The maximum absolute atomic E-state index is 5.44. The van der Waals surface area contributed by atoms with Gasteiger partial charge in [0.15, 0.2) is 0 Å². The lowest BCUT2D eigenvalue weighted by Gasteiger charge is -2.07. The van der Waals surface area contributed by atoms with Crippen LogP contribution in [0, 0.1) is 6.92 Å². The summed E-state index contributed by atoms with van der Waals surface area (Å²) in [5, 5.41) is 0. The highest BCUT2D eigenvalue weighted by atomic mass is 79.9. The summed E-state index contributed by atoms with van der Waals surface area (Å²) in [5.74, 6) is 0.798. The molecule has 0 N–H and O–H groups in total. The number of hydrogen-bond donors (Lipinski definition) is 0. The second-order valence-corrected chi connectivity index (χ2v) is 3.49. The van der Waals surface area contributed by atoms with Crippen molar-refractivity contribution >= 4 is 15.9 Å². The summed E-state index contributed by atoms with van der Waals surface area (Å²) >= 11 is 3.33. The van der Waals surface area contributed by atoms with E-state index in [0.29, 0.717) is 13.2 Å². The molecule has 0 spiro atoms. The van der Waals surface area contributed by atoms with E-state index in [0.717, 1.165) is 15.9 Å². The average molecular weight is 276 g/mol. The van der Waals surface area contributed by atoms with Gasteiger partial charge in [0, 0.05) is 17.8 Å². The summed E-state index contributed by atoms with van der Waals surface area (Å²) in [6, 6.07) is 1.90. The molecule has 1 aromatic rings. The minimum absolute atomic E-state index is 0.551. The fourth-order valence-corrected chi connectivity index (χ4v) is 1.18. The van der Waals surface area contributed by atoms with Gasteiger partial charge in [-0.3, -0.25) is 4.98 Å². The third kappa shape index (κ3) is 5.74. The Hall–Kier alpha value is -0.610. The molecule has 0 aliphatic rings. The van der Waals surface area contributed by atoms with Crippen molar-refractivity contribution in [1.82, 2.24) is 4.98 Å². The molecule has 3 nitrogen and oxygen atoms in total. The minimum Gasteiger partial charge on any atom is -0.489 e. The van der Waals surface area contributed by atoms with Gasteiger partial charge >= 0.3 is 0 Å². The predicted octanol–water partition coefficient (Wildman–Crippen LogP) is 3.20. The smallest absolute Gasteiger partial charge is 0.141 e. The number of pyridine rings is 1. The van der Waals surface area contributed by atoms with E-state index in [4.69, 9.17) is 9.47 Å². The monoisotopic (exact) mass is 275 g/mol. The van der Waals surface area contributed by atoms with Crippen LogP contribution >= 0.6 is 15.9 Å². The van der Waals surface area contributed by atoms with Crippen LogP contribution in [-0.2, 0) is 4.74 Å². The predicted molar refractivity (Wildman–Crippen MR) is 65.4 cm³/mol. The quantitative estimate of drug-likeness (QED) is 0.791. The average Bonchev–Trinajstić information content (AvgIpc) is 2.26. The van der Waals surface area contributed by atoms with Crippen molar-refractivity contribution in [2.24, 2.45) is 0 Å². The number of methoxy groups -OCH3 is 1. The number of hydrogen-bond acceptors (Lipinski definition) is 3. The first kappa shape index (κ1) is 14.4. The van der Waals surface area contributed by atoms with Crippen molar-refractivity contribution in [3.63, 3.8) is 0 Å². The van der Waals surface area contributed by atoms with Gasteiger partial charge in [-0.05, 0) is 28.9 Å². The fraction of sp³-hybridized carbons (Fsp3) is 0.545. The van der Waals surface area contributed by atoms with Gasteiger partial charge in [-0.25, -0.2) is 0 Å². The van der Waals surface area contributed by atoms with Crippen LogP contribution in [0.4, 0.5) is 0 Å². The topological polar surface area (TPSA) is 31.4 Å². The van der Waals surface area contributed by atoms with Gasteiger partial charge in [0.1, 0.15) is 12.4 Å². The second kappa shape index (κ2) is 8.68. The van der Waals surface area contributed by atoms with E-state index in [-0.39, 0.29) is 0 Å². The summed E-state index contributed by atoms with van der Waals surface area (Å²) in [7, 11) is 1.65. The van der Waals surface area contributed by atoms with Crippen LogP contribution < -0.4 is 4.74 Å². The van der Waals surface area contributed by atoms with E-state index >= 15 is 0 Å². The van der Waals surface area contributed by atoms with Crippen LogP contribution in [0.2, 0.25) is 0 Å². The largest absolute Gasteiger partial charge is 0.489 e. The molecule has 1 heterocycles. The summed E-state index contributed by atoms with van der Waals surface area (Å²) in [6.45, 7) is 7.05. The van der Waals surface area contributed by atoms with Crippen LogP contribution in [-0.4, -0.2) is 25.3 Å². The van der Waals surface area contributed by atoms with E-state index in [2.05, 4.69) is 20.9 Å². The standard InChI is InChI=1S/C9H12BrNO2.C2H6/c1-7-9(13-4-3-12-2)5-8(10)6-11-7;1-2/h5-6H,3-4H2,1-2H3;1-2H3. The summed E-state index contributed by atoms with van der Waals surface area (Å²) in [5.41, 5.74) is 0.888. The first-order valence-corrected chi connectivity index (χ1v) is 5.77. The number of aryl methyl sites for hydroxylation is 1. The van der Waals surface area contributed by atoms with E-state index in [1.807, 2.05) is 26.8 Å². The number of nitrogens with zero attached hydrogens (tertiary/aromatic N) is 1. The molecule has 4 heteroatoms. The lowest BCUT2D eigenvalue weighted by molar-refractivity contribution is 0.145. The molecular weight excluding hydrogens is 258 g/mol. The molecule has 0 aliphatic carbocycles. The molecule has 15 heavy (non-hydrogen) atoms. The zero-order valence-electron chi connectivity index (χ0n) is 9.71. The van der Waals surface area contributed by atoms with E-state index < -0.39 is 0 Å². The molecular formula is C11H18BrNO2. The Labute approximate surface area is 99.9 Å². The van der Waals surface area contributed by atoms with E-state index in [9.17, 15) is 0 Å². The molecule has 1 aromatic heterocycles. The van der Waals surface area contributed by atoms with Crippen molar-refractivity contribution in [2.45, 2.75) is 20.8 Å². The van der Waals surface area contributed by atoms with Crippen molar-refractivity contribution in [3.8, 4) is 5.75 Å². The zero-order chi connectivity index (χ0) is 11.7. The van der Waals surface area contributed by atoms with Crippen molar-refractivity contribution in [3.05, 3.63) is 22.4 Å². The molecule has 0 aliphatic heterocycles. The van der Waals surface area contributed by atoms with Crippen LogP contribution in [0.5, 0.6) is 5.75 Å². The molecule has 0 atom stereocenters. The highest BCUT2D eigenvalue weighted by molar-refractivity contribution is 9.10. The summed E-state index contributed by atoms with van der Waals surface area (Å²) in [6.07, 6.45) is 1.75. The molecule has 0 fully saturated rings. The minimum atomic E-state index is 0.551. The third-order valence-corrected chi connectivity index (χ3v) is 1.99. The molecule has 0 aromatic carbocycles. The van der Waals surface area contributed by atoms with E-state index in [1.165, 1.54) is 0 Å². The maximum atomic E-state index is 5.44. The molecule has 0 amide bonds. The number of rotatable bonds is 4. The van der Waals surface area contributed by atoms with Crippen molar-refractivity contribution in [2.75, 3.05) is 20.3 Å². The van der Waals surface area contributed by atoms with E-state index in [1.54, 1.807) is 13.3 Å². The Kier molecular flexibility index (Phi) is 8.33. The van der Waals surface area contributed by atoms with Gasteiger partial charge < -0.3 is 9.47 Å². The van der Waals surface area contributed by atoms with Gasteiger partial charge in [0.2, 0.25) is 0 Å². The van der Waals surface area contributed by atoms with Gasteiger partial charge in [0.05, 0.1) is 12.3 Å². The number of halogens is 1. The maximum Gasteiger partial charge on any atom is 0.141 e. The molecule has 1 rings (SSSR count). The first-order chi connectivity index (χ1) is 7.24. The van der Waals surface area contributed by atoms with Crippen LogP contribution in [0.15, 0.2) is 16.7 Å². The Morgan fingerprint density at radius 1 is 1.33 bits per heavy atom. The molecule has 0 unspecified atom stereocenters. The Morgan fingerprint density at radius 3 is 2.60 bits per heavy atom. The van der Waals surface area contributed by atoms with Crippen LogP contribution in [0.3, 0.4) is 0 Å². The Balaban J connectivity index is 0.000000921. The third-order valence-electron chi connectivity index (χ3n) is 1.55. The van der Waals surface area contributed by atoms with Gasteiger partial charge in [-0.2, -0.15) is 0 Å². The second-order valence-electron chi connectivity index (χ2n) is 2.58. The SMILES string of the molecule is CC.COCCOc1cc(Br)cnc1C. The van der Waals surface area contributed by atoms with Crippen molar-refractivity contribution < 1.29 is 9.47 Å². The summed E-state index contributed by atoms with van der Waals surface area (Å²) in [4.78, 5) is 4.14. The zero-order valence-corrected chi connectivity index (χ0v) is 11.3. The molecule has 0 bridgehead atoms. The van der Waals surface area contributed by atoms with Crippen LogP contribution in [0.1, 0.15) is 19.5 Å². The normalized spacial score (nSPS) is 9.13. The first-order valence-electron chi connectivity index (χ1n) is 4.98. The Morgan fingerprint density at radius 2 is 2.00 bits per heavy atom.